The second-order valence-corrected chi connectivity index (χ2v) is 9.45. The number of aryl methyl sites for hydroxylation is 2. The minimum Gasteiger partial charge on any atom is -0.444 e. The largest absolute Gasteiger partial charge is 0.444 e. The molecule has 0 saturated carbocycles. The Morgan fingerprint density at radius 1 is 1.18 bits per heavy atom. The van der Waals surface area contributed by atoms with Gasteiger partial charge in [-0.05, 0) is 52.6 Å². The van der Waals surface area contributed by atoms with Crippen molar-refractivity contribution in [3.63, 3.8) is 0 Å². The number of nitrogens with zero attached hydrogens (tertiary/aromatic N) is 4. The highest BCUT2D eigenvalue weighted by Gasteiger charge is 2.22. The van der Waals surface area contributed by atoms with Crippen molar-refractivity contribution >= 4 is 17.1 Å². The third-order valence-corrected chi connectivity index (χ3v) is 5.46. The zero-order valence-electron chi connectivity index (χ0n) is 21.0. The normalized spacial score (nSPS) is 12.6. The third kappa shape index (κ3) is 6.22. The number of benzene rings is 1. The van der Waals surface area contributed by atoms with Gasteiger partial charge < -0.3 is 15.4 Å². The SMILES string of the molecule is CCC(NCCCNC(=O)OC(C)(C)C)c1nc2c(c(C)nn2C)c(=O)n1Cc1ccccc1. The summed E-state index contributed by atoms with van der Waals surface area (Å²) in [5.41, 5.74) is 1.70. The van der Waals surface area contributed by atoms with E-state index in [1.165, 1.54) is 0 Å². The van der Waals surface area contributed by atoms with Crippen LogP contribution >= 0.6 is 0 Å². The maximum atomic E-state index is 13.6. The topological polar surface area (TPSA) is 103 Å². The van der Waals surface area contributed by atoms with Crippen LogP contribution in [0, 0.1) is 6.92 Å². The Morgan fingerprint density at radius 3 is 2.53 bits per heavy atom. The van der Waals surface area contributed by atoms with Gasteiger partial charge in [0.25, 0.3) is 5.56 Å². The van der Waals surface area contributed by atoms with Gasteiger partial charge in [0.05, 0.1) is 18.3 Å². The van der Waals surface area contributed by atoms with Crippen molar-refractivity contribution in [2.24, 2.45) is 7.05 Å². The number of nitrogens with one attached hydrogen (secondary N) is 2. The van der Waals surface area contributed by atoms with E-state index in [1.807, 2.05) is 65.1 Å². The van der Waals surface area contributed by atoms with Crippen molar-refractivity contribution in [1.29, 1.82) is 0 Å². The first-order valence-corrected chi connectivity index (χ1v) is 11.8. The Labute approximate surface area is 200 Å². The molecule has 0 bridgehead atoms. The van der Waals surface area contributed by atoms with Gasteiger partial charge in [-0.3, -0.25) is 9.36 Å². The summed E-state index contributed by atoms with van der Waals surface area (Å²) in [4.78, 5) is 30.3. The molecule has 0 saturated heterocycles. The van der Waals surface area contributed by atoms with Gasteiger partial charge in [0.1, 0.15) is 16.8 Å². The van der Waals surface area contributed by atoms with Gasteiger partial charge in [0.15, 0.2) is 5.65 Å². The smallest absolute Gasteiger partial charge is 0.407 e. The van der Waals surface area contributed by atoms with Crippen LogP contribution in [0.1, 0.15) is 63.7 Å². The summed E-state index contributed by atoms with van der Waals surface area (Å²) in [7, 11) is 1.81. The molecule has 1 aromatic carbocycles. The minimum atomic E-state index is -0.521. The highest BCUT2D eigenvalue weighted by molar-refractivity contribution is 5.77. The summed E-state index contributed by atoms with van der Waals surface area (Å²) < 4.78 is 8.69. The molecule has 2 N–H and O–H groups in total. The molecule has 2 heterocycles. The van der Waals surface area contributed by atoms with Gasteiger partial charge >= 0.3 is 6.09 Å². The number of carbonyl (C=O) groups is 1. The second-order valence-electron chi connectivity index (χ2n) is 9.45. The first kappa shape index (κ1) is 25.4. The maximum absolute atomic E-state index is 13.6. The number of alkyl carbamates (subject to hydrolysis) is 1. The molecule has 184 valence electrons. The molecule has 0 aliphatic rings. The Balaban J connectivity index is 1.80. The van der Waals surface area contributed by atoms with Crippen LogP contribution in [0.15, 0.2) is 35.1 Å². The molecular formula is C25H36N6O3. The van der Waals surface area contributed by atoms with E-state index >= 15 is 0 Å². The van der Waals surface area contributed by atoms with E-state index in [0.29, 0.717) is 48.6 Å². The fourth-order valence-corrected chi connectivity index (χ4v) is 3.90. The molecule has 0 radical (unpaired) electrons. The standard InChI is InChI=1S/C25H36N6O3/c1-7-19(26-14-11-15-27-24(33)34-25(3,4)5)21-28-22-20(17(2)29-30(22)6)23(32)31(21)16-18-12-9-8-10-13-18/h8-10,12-13,19,26H,7,11,14-16H2,1-6H3,(H,27,33). The lowest BCUT2D eigenvalue weighted by Gasteiger charge is -2.22. The molecule has 2 aromatic heterocycles. The number of fused-ring (bicyclic) bond motifs is 1. The summed E-state index contributed by atoms with van der Waals surface area (Å²) in [6.07, 6.45) is 1.05. The summed E-state index contributed by atoms with van der Waals surface area (Å²) in [6.45, 7) is 11.0. The number of amides is 1. The Bertz CT molecular complexity index is 1180. The molecule has 0 spiro atoms. The number of rotatable bonds is 9. The summed E-state index contributed by atoms with van der Waals surface area (Å²) in [5.74, 6) is 0.687. The Hall–Kier alpha value is -3.20. The average molecular weight is 469 g/mol. The van der Waals surface area contributed by atoms with E-state index in [9.17, 15) is 9.59 Å². The maximum Gasteiger partial charge on any atom is 0.407 e. The molecule has 1 amide bonds. The zero-order chi connectivity index (χ0) is 24.9. The highest BCUT2D eigenvalue weighted by Crippen LogP contribution is 2.19. The number of hydrogen-bond acceptors (Lipinski definition) is 6. The molecular weight excluding hydrogens is 432 g/mol. The molecule has 34 heavy (non-hydrogen) atoms. The molecule has 0 aliphatic carbocycles. The van der Waals surface area contributed by atoms with Gasteiger partial charge in [0.2, 0.25) is 0 Å². The van der Waals surface area contributed by atoms with E-state index in [4.69, 9.17) is 9.72 Å². The third-order valence-electron chi connectivity index (χ3n) is 5.46. The first-order chi connectivity index (χ1) is 16.1. The molecule has 0 fully saturated rings. The van der Waals surface area contributed by atoms with Crippen molar-refractivity contribution in [2.45, 2.75) is 65.6 Å². The van der Waals surface area contributed by atoms with Crippen molar-refractivity contribution in [3.05, 3.63) is 57.8 Å². The van der Waals surface area contributed by atoms with E-state index in [1.54, 1.807) is 9.25 Å². The van der Waals surface area contributed by atoms with Crippen molar-refractivity contribution in [1.82, 2.24) is 30.0 Å². The highest BCUT2D eigenvalue weighted by atomic mass is 16.6. The number of hydrogen-bond donors (Lipinski definition) is 2. The Morgan fingerprint density at radius 2 is 1.88 bits per heavy atom. The lowest BCUT2D eigenvalue weighted by Crippen LogP contribution is -2.35. The first-order valence-electron chi connectivity index (χ1n) is 11.8. The molecule has 1 unspecified atom stereocenters. The minimum absolute atomic E-state index is 0.0821. The van der Waals surface area contributed by atoms with Crippen molar-refractivity contribution in [2.75, 3.05) is 13.1 Å². The molecule has 3 rings (SSSR count). The van der Waals surface area contributed by atoms with Gasteiger partial charge in [0, 0.05) is 13.6 Å². The van der Waals surface area contributed by atoms with Gasteiger partial charge in [-0.15, -0.1) is 0 Å². The van der Waals surface area contributed by atoms with E-state index in [-0.39, 0.29) is 11.6 Å². The van der Waals surface area contributed by atoms with Crippen molar-refractivity contribution < 1.29 is 9.53 Å². The average Bonchev–Trinajstić information content (AvgIpc) is 3.05. The second kappa shape index (κ2) is 10.8. The van der Waals surface area contributed by atoms with Crippen LogP contribution in [-0.2, 0) is 18.3 Å². The lowest BCUT2D eigenvalue weighted by molar-refractivity contribution is 0.0527. The lowest BCUT2D eigenvalue weighted by atomic mass is 10.1. The fourth-order valence-electron chi connectivity index (χ4n) is 3.90. The predicted molar refractivity (Wildman–Crippen MR) is 133 cm³/mol. The number of carbonyl (C=O) groups excluding carboxylic acids is 1. The van der Waals surface area contributed by atoms with E-state index in [2.05, 4.69) is 22.7 Å². The zero-order valence-corrected chi connectivity index (χ0v) is 21.0. The molecule has 9 nitrogen and oxygen atoms in total. The Kier molecular flexibility index (Phi) is 8.09. The van der Waals surface area contributed by atoms with Crippen LogP contribution in [0.2, 0.25) is 0 Å². The van der Waals surface area contributed by atoms with Crippen LogP contribution in [0.3, 0.4) is 0 Å². The molecule has 3 aromatic rings. The van der Waals surface area contributed by atoms with Crippen LogP contribution in [-0.4, -0.2) is 44.1 Å². The molecule has 0 aliphatic heterocycles. The van der Waals surface area contributed by atoms with Crippen LogP contribution in [0.25, 0.3) is 11.0 Å². The summed E-state index contributed by atoms with van der Waals surface area (Å²) >= 11 is 0. The van der Waals surface area contributed by atoms with Gasteiger partial charge in [-0.25, -0.2) is 14.5 Å². The van der Waals surface area contributed by atoms with Gasteiger partial charge in [-0.2, -0.15) is 5.10 Å². The number of aromatic nitrogens is 4. The fraction of sp³-hybridized carbons (Fsp3) is 0.520. The summed E-state index contributed by atoms with van der Waals surface area (Å²) in [6, 6.07) is 9.78. The van der Waals surface area contributed by atoms with Crippen LogP contribution in [0.5, 0.6) is 0 Å². The number of ether oxygens (including phenoxy) is 1. The van der Waals surface area contributed by atoms with Crippen LogP contribution < -0.4 is 16.2 Å². The predicted octanol–water partition coefficient (Wildman–Crippen LogP) is 3.44. The van der Waals surface area contributed by atoms with E-state index in [0.717, 1.165) is 12.0 Å². The monoisotopic (exact) mass is 468 g/mol. The van der Waals surface area contributed by atoms with Crippen LogP contribution in [0.4, 0.5) is 4.79 Å². The van der Waals surface area contributed by atoms with Gasteiger partial charge in [-0.1, -0.05) is 37.3 Å². The van der Waals surface area contributed by atoms with Crippen molar-refractivity contribution in [3.8, 4) is 0 Å². The van der Waals surface area contributed by atoms with E-state index < -0.39 is 11.7 Å². The quantitative estimate of drug-likeness (QED) is 0.466. The molecule has 9 heteroatoms. The molecule has 1 atom stereocenters. The summed E-state index contributed by atoms with van der Waals surface area (Å²) in [5, 5.41) is 11.3.